The van der Waals surface area contributed by atoms with Crippen LogP contribution in [0.3, 0.4) is 0 Å². The van der Waals surface area contributed by atoms with Crippen LogP contribution >= 0.6 is 0 Å². The maximum atomic E-state index is 13.4. The van der Waals surface area contributed by atoms with Crippen LogP contribution in [0.2, 0.25) is 0 Å². The third-order valence-corrected chi connectivity index (χ3v) is 2.67. The van der Waals surface area contributed by atoms with Gasteiger partial charge in [0.1, 0.15) is 5.78 Å². The maximum absolute atomic E-state index is 13.4. The van der Waals surface area contributed by atoms with Crippen molar-refractivity contribution < 1.29 is 13.9 Å². The summed E-state index contributed by atoms with van der Waals surface area (Å²) in [5.41, 5.74) is 0.692. The van der Waals surface area contributed by atoms with Gasteiger partial charge in [-0.2, -0.15) is 0 Å². The summed E-state index contributed by atoms with van der Waals surface area (Å²) in [7, 11) is 1.42. The molecule has 2 nitrogen and oxygen atoms in total. The topological polar surface area (TPSA) is 26.3 Å². The van der Waals surface area contributed by atoms with E-state index >= 15 is 0 Å². The van der Waals surface area contributed by atoms with Gasteiger partial charge in [-0.1, -0.05) is 26.8 Å². The van der Waals surface area contributed by atoms with Crippen LogP contribution < -0.4 is 4.74 Å². The van der Waals surface area contributed by atoms with Crippen LogP contribution in [-0.2, 0) is 4.79 Å². The van der Waals surface area contributed by atoms with Gasteiger partial charge in [0.05, 0.1) is 7.11 Å². The Morgan fingerprint density at radius 3 is 2.38 bits per heavy atom. The Morgan fingerprint density at radius 2 is 1.94 bits per heavy atom. The molecule has 0 aliphatic carbocycles. The lowest BCUT2D eigenvalue weighted by atomic mass is 9.90. The van der Waals surface area contributed by atoms with E-state index < -0.39 is 5.82 Å². The van der Waals surface area contributed by atoms with Gasteiger partial charge < -0.3 is 4.74 Å². The zero-order chi connectivity index (χ0) is 12.3. The highest BCUT2D eigenvalue weighted by Gasteiger charge is 2.19. The van der Waals surface area contributed by atoms with E-state index in [0.717, 1.165) is 0 Å². The van der Waals surface area contributed by atoms with Gasteiger partial charge in [0.25, 0.3) is 0 Å². The Labute approximate surface area is 95.4 Å². The van der Waals surface area contributed by atoms with Crippen LogP contribution in [0, 0.1) is 11.7 Å². The molecule has 0 aliphatic rings. The molecule has 0 amide bonds. The van der Waals surface area contributed by atoms with Crippen molar-refractivity contribution in [3.63, 3.8) is 0 Å². The highest BCUT2D eigenvalue weighted by Crippen LogP contribution is 2.25. The van der Waals surface area contributed by atoms with Crippen LogP contribution in [-0.4, -0.2) is 12.9 Å². The normalized spacial score (nSPS) is 12.6. The third-order valence-electron chi connectivity index (χ3n) is 2.67. The van der Waals surface area contributed by atoms with E-state index in [2.05, 4.69) is 0 Å². The number of methoxy groups -OCH3 is 1. The summed E-state index contributed by atoms with van der Waals surface area (Å²) >= 11 is 0. The van der Waals surface area contributed by atoms with Crippen molar-refractivity contribution in [2.45, 2.75) is 26.7 Å². The summed E-state index contributed by atoms with van der Waals surface area (Å²) in [5.74, 6) is -0.429. The van der Waals surface area contributed by atoms with E-state index in [9.17, 15) is 9.18 Å². The number of carbonyl (C=O) groups is 1. The molecule has 0 fully saturated rings. The van der Waals surface area contributed by atoms with Crippen LogP contribution in [0.5, 0.6) is 5.75 Å². The summed E-state index contributed by atoms with van der Waals surface area (Å²) in [5, 5.41) is 0. The maximum Gasteiger partial charge on any atom is 0.165 e. The Balaban J connectivity index is 2.97. The number of ketones is 1. The zero-order valence-corrected chi connectivity index (χ0v) is 10.1. The molecule has 16 heavy (non-hydrogen) atoms. The second kappa shape index (κ2) is 5.10. The fraction of sp³-hybridized carbons (Fsp3) is 0.462. The molecule has 3 heteroatoms. The van der Waals surface area contributed by atoms with E-state index in [1.807, 2.05) is 13.8 Å². The van der Waals surface area contributed by atoms with Crippen molar-refractivity contribution >= 4 is 5.78 Å². The number of halogens is 1. The van der Waals surface area contributed by atoms with Crippen molar-refractivity contribution in [2.75, 3.05) is 7.11 Å². The minimum atomic E-state index is -0.427. The largest absolute Gasteiger partial charge is 0.494 e. The molecule has 0 aromatic heterocycles. The molecule has 0 N–H and O–H groups in total. The molecule has 1 aromatic rings. The van der Waals surface area contributed by atoms with Crippen molar-refractivity contribution in [3.05, 3.63) is 29.6 Å². The van der Waals surface area contributed by atoms with Crippen LogP contribution in [0.25, 0.3) is 0 Å². The average molecular weight is 224 g/mol. The van der Waals surface area contributed by atoms with Gasteiger partial charge in [-0.05, 0) is 17.7 Å². The molecule has 1 aromatic carbocycles. The van der Waals surface area contributed by atoms with Gasteiger partial charge in [0, 0.05) is 11.8 Å². The number of Topliss-reactive ketones (excluding diaryl/α,β-unsaturated/α-hetero) is 1. The number of hydrogen-bond acceptors (Lipinski definition) is 2. The summed E-state index contributed by atoms with van der Waals surface area (Å²) < 4.78 is 18.3. The third kappa shape index (κ3) is 2.60. The van der Waals surface area contributed by atoms with Gasteiger partial charge in [-0.25, -0.2) is 4.39 Å². The standard InChI is InChI=1S/C13H17FO2/c1-8(2)13(15)9(3)10-5-6-12(16-4)11(14)7-10/h5-9H,1-4H3. The van der Waals surface area contributed by atoms with Gasteiger partial charge >= 0.3 is 0 Å². The first-order valence-electron chi connectivity index (χ1n) is 5.34. The number of hydrogen-bond donors (Lipinski definition) is 0. The van der Waals surface area contributed by atoms with Crippen molar-refractivity contribution in [3.8, 4) is 5.75 Å². The number of carbonyl (C=O) groups excluding carboxylic acids is 1. The van der Waals surface area contributed by atoms with Crippen LogP contribution in [0.1, 0.15) is 32.3 Å². The molecular formula is C13H17FO2. The lowest BCUT2D eigenvalue weighted by Gasteiger charge is -2.14. The average Bonchev–Trinajstić information content (AvgIpc) is 2.26. The van der Waals surface area contributed by atoms with E-state index in [1.165, 1.54) is 13.2 Å². The molecule has 1 unspecified atom stereocenters. The first-order chi connectivity index (χ1) is 7.47. The predicted octanol–water partition coefficient (Wildman–Crippen LogP) is 3.16. The summed E-state index contributed by atoms with van der Waals surface area (Å²) in [6.45, 7) is 5.49. The van der Waals surface area contributed by atoms with E-state index in [4.69, 9.17) is 4.74 Å². The summed E-state index contributed by atoms with van der Waals surface area (Å²) in [6, 6.07) is 4.64. The number of benzene rings is 1. The fourth-order valence-electron chi connectivity index (χ4n) is 1.62. The molecule has 1 atom stereocenters. The molecule has 0 spiro atoms. The molecule has 1 rings (SSSR count). The second-order valence-electron chi connectivity index (χ2n) is 4.17. The van der Waals surface area contributed by atoms with E-state index in [0.29, 0.717) is 5.56 Å². The fourth-order valence-corrected chi connectivity index (χ4v) is 1.62. The van der Waals surface area contributed by atoms with Gasteiger partial charge in [0.2, 0.25) is 0 Å². The first kappa shape index (κ1) is 12.7. The first-order valence-corrected chi connectivity index (χ1v) is 5.34. The van der Waals surface area contributed by atoms with Crippen LogP contribution in [0.4, 0.5) is 4.39 Å². The number of rotatable bonds is 4. The molecule has 0 saturated heterocycles. The molecule has 0 heterocycles. The van der Waals surface area contributed by atoms with Gasteiger partial charge in [-0.15, -0.1) is 0 Å². The summed E-state index contributed by atoms with van der Waals surface area (Å²) in [6.07, 6.45) is 0. The van der Waals surface area contributed by atoms with E-state index in [-0.39, 0.29) is 23.4 Å². The molecule has 88 valence electrons. The molecule has 0 radical (unpaired) electrons. The van der Waals surface area contributed by atoms with Gasteiger partial charge in [-0.3, -0.25) is 4.79 Å². The molecule has 0 saturated carbocycles. The Morgan fingerprint density at radius 1 is 1.31 bits per heavy atom. The smallest absolute Gasteiger partial charge is 0.165 e. The quantitative estimate of drug-likeness (QED) is 0.785. The Kier molecular flexibility index (Phi) is 4.05. The minimum Gasteiger partial charge on any atom is -0.494 e. The lowest BCUT2D eigenvalue weighted by Crippen LogP contribution is -2.15. The van der Waals surface area contributed by atoms with Crippen molar-refractivity contribution in [1.82, 2.24) is 0 Å². The Bertz CT molecular complexity index is 386. The SMILES string of the molecule is COc1ccc(C(C)C(=O)C(C)C)cc1F. The lowest BCUT2D eigenvalue weighted by molar-refractivity contribution is -0.123. The van der Waals surface area contributed by atoms with E-state index in [1.54, 1.807) is 19.1 Å². The Hall–Kier alpha value is -1.38. The number of ether oxygens (including phenoxy) is 1. The zero-order valence-electron chi connectivity index (χ0n) is 10.1. The second-order valence-corrected chi connectivity index (χ2v) is 4.17. The monoisotopic (exact) mass is 224 g/mol. The minimum absolute atomic E-state index is 0.0415. The van der Waals surface area contributed by atoms with Crippen LogP contribution in [0.15, 0.2) is 18.2 Å². The predicted molar refractivity (Wildman–Crippen MR) is 61.2 cm³/mol. The highest BCUT2D eigenvalue weighted by atomic mass is 19.1. The van der Waals surface area contributed by atoms with Crippen molar-refractivity contribution in [2.24, 2.45) is 5.92 Å². The van der Waals surface area contributed by atoms with Crippen molar-refractivity contribution in [1.29, 1.82) is 0 Å². The molecule has 0 bridgehead atoms. The molecular weight excluding hydrogens is 207 g/mol. The van der Waals surface area contributed by atoms with Gasteiger partial charge in [0.15, 0.2) is 11.6 Å². The molecule has 0 aliphatic heterocycles. The highest BCUT2D eigenvalue weighted by molar-refractivity contribution is 5.86. The summed E-state index contributed by atoms with van der Waals surface area (Å²) in [4.78, 5) is 11.8.